The summed E-state index contributed by atoms with van der Waals surface area (Å²) in [5.74, 6) is 0. The molecule has 6 heteroatoms. The summed E-state index contributed by atoms with van der Waals surface area (Å²) < 4.78 is 7.43. The standard InChI is InChI=1S/C15H22N4O2/c1-16-8-12-10-19(6-7-21-12)9-11-4-3-5-13-14(11)18(2)15(20)17-13/h3-5,12,16H,6-10H2,1-2H3,(H,17,20)/t12-/m0/s1. The molecule has 21 heavy (non-hydrogen) atoms. The van der Waals surface area contributed by atoms with Gasteiger partial charge in [-0.1, -0.05) is 12.1 Å². The van der Waals surface area contributed by atoms with Crippen LogP contribution in [0.3, 0.4) is 0 Å². The van der Waals surface area contributed by atoms with Crippen molar-refractivity contribution in [2.24, 2.45) is 7.05 Å². The first-order valence-electron chi connectivity index (χ1n) is 7.34. The number of imidazole rings is 1. The lowest BCUT2D eigenvalue weighted by Gasteiger charge is -2.33. The van der Waals surface area contributed by atoms with E-state index in [1.807, 2.05) is 26.2 Å². The van der Waals surface area contributed by atoms with Crippen LogP contribution in [0.2, 0.25) is 0 Å². The predicted molar refractivity (Wildman–Crippen MR) is 82.5 cm³/mol. The molecule has 0 aliphatic carbocycles. The average molecular weight is 290 g/mol. The van der Waals surface area contributed by atoms with E-state index in [-0.39, 0.29) is 11.8 Å². The highest BCUT2D eigenvalue weighted by Gasteiger charge is 2.21. The van der Waals surface area contributed by atoms with Gasteiger partial charge in [0.15, 0.2) is 0 Å². The van der Waals surface area contributed by atoms with Crippen molar-refractivity contribution < 1.29 is 4.74 Å². The maximum atomic E-state index is 11.8. The molecule has 1 aliphatic heterocycles. The van der Waals surface area contributed by atoms with Gasteiger partial charge < -0.3 is 15.0 Å². The number of H-pyrrole nitrogens is 1. The molecule has 1 aromatic carbocycles. The zero-order valence-electron chi connectivity index (χ0n) is 12.6. The molecular weight excluding hydrogens is 268 g/mol. The number of aromatic amines is 1. The summed E-state index contributed by atoms with van der Waals surface area (Å²) >= 11 is 0. The van der Waals surface area contributed by atoms with E-state index in [0.717, 1.165) is 43.8 Å². The minimum absolute atomic E-state index is 0.0625. The van der Waals surface area contributed by atoms with Gasteiger partial charge in [-0.2, -0.15) is 0 Å². The second-order valence-corrected chi connectivity index (χ2v) is 5.59. The Kier molecular flexibility index (Phi) is 4.10. The third kappa shape index (κ3) is 2.88. The third-order valence-corrected chi connectivity index (χ3v) is 4.05. The maximum absolute atomic E-state index is 11.8. The Morgan fingerprint density at radius 1 is 1.48 bits per heavy atom. The van der Waals surface area contributed by atoms with Crippen LogP contribution in [-0.2, 0) is 18.3 Å². The summed E-state index contributed by atoms with van der Waals surface area (Å²) in [6, 6.07) is 6.04. The quantitative estimate of drug-likeness (QED) is 0.849. The lowest BCUT2D eigenvalue weighted by molar-refractivity contribution is -0.0290. The van der Waals surface area contributed by atoms with E-state index >= 15 is 0 Å². The van der Waals surface area contributed by atoms with Crippen LogP contribution < -0.4 is 11.0 Å². The number of benzene rings is 1. The van der Waals surface area contributed by atoms with Gasteiger partial charge in [0.05, 0.1) is 23.7 Å². The highest BCUT2D eigenvalue weighted by molar-refractivity contribution is 5.78. The number of rotatable bonds is 4. The van der Waals surface area contributed by atoms with Crippen LogP contribution in [0.4, 0.5) is 0 Å². The number of ether oxygens (including phenoxy) is 1. The van der Waals surface area contributed by atoms with Crippen LogP contribution in [0.25, 0.3) is 11.0 Å². The highest BCUT2D eigenvalue weighted by atomic mass is 16.5. The van der Waals surface area contributed by atoms with E-state index in [1.54, 1.807) is 4.57 Å². The average Bonchev–Trinajstić information content (AvgIpc) is 2.76. The fourth-order valence-electron chi connectivity index (χ4n) is 3.03. The molecule has 114 valence electrons. The van der Waals surface area contributed by atoms with Crippen LogP contribution in [0.15, 0.2) is 23.0 Å². The van der Waals surface area contributed by atoms with Gasteiger partial charge in [-0.25, -0.2) is 4.79 Å². The molecule has 0 unspecified atom stereocenters. The van der Waals surface area contributed by atoms with E-state index in [9.17, 15) is 4.79 Å². The molecular formula is C15H22N4O2. The van der Waals surface area contributed by atoms with Crippen LogP contribution in [0.1, 0.15) is 5.56 Å². The van der Waals surface area contributed by atoms with Gasteiger partial charge in [0.2, 0.25) is 0 Å². The molecule has 6 nitrogen and oxygen atoms in total. The fourth-order valence-corrected chi connectivity index (χ4v) is 3.03. The number of morpholine rings is 1. The van der Waals surface area contributed by atoms with Crippen molar-refractivity contribution in [1.82, 2.24) is 19.8 Å². The molecule has 1 aliphatic rings. The number of nitrogens with zero attached hydrogens (tertiary/aromatic N) is 2. The van der Waals surface area contributed by atoms with E-state index in [1.165, 1.54) is 5.56 Å². The Morgan fingerprint density at radius 2 is 2.33 bits per heavy atom. The summed E-state index contributed by atoms with van der Waals surface area (Å²) in [6.45, 7) is 4.30. The molecule has 0 saturated carbocycles. The van der Waals surface area contributed by atoms with Gasteiger partial charge in [0, 0.05) is 33.2 Å². The Bertz CT molecular complexity index is 674. The zero-order valence-corrected chi connectivity index (χ0v) is 12.6. The Morgan fingerprint density at radius 3 is 3.14 bits per heavy atom. The van der Waals surface area contributed by atoms with E-state index < -0.39 is 0 Å². The number of hydrogen-bond donors (Lipinski definition) is 2. The monoisotopic (exact) mass is 290 g/mol. The predicted octanol–water partition coefficient (Wildman–Crippen LogP) is 0.287. The first kappa shape index (κ1) is 14.3. The van der Waals surface area contributed by atoms with Gasteiger partial charge in [0.1, 0.15) is 0 Å². The first-order valence-corrected chi connectivity index (χ1v) is 7.34. The number of nitrogens with one attached hydrogen (secondary N) is 2. The normalized spacial score (nSPS) is 20.2. The summed E-state index contributed by atoms with van der Waals surface area (Å²) in [4.78, 5) is 17.1. The van der Waals surface area contributed by atoms with Crippen molar-refractivity contribution in [1.29, 1.82) is 0 Å². The number of aryl methyl sites for hydroxylation is 1. The number of likely N-dealkylation sites (N-methyl/N-ethyl adjacent to an activating group) is 1. The van der Waals surface area contributed by atoms with Crippen molar-refractivity contribution in [2.75, 3.05) is 33.3 Å². The topological polar surface area (TPSA) is 62.3 Å². The van der Waals surface area contributed by atoms with Crippen molar-refractivity contribution in [3.05, 3.63) is 34.2 Å². The molecule has 2 N–H and O–H groups in total. The van der Waals surface area contributed by atoms with Crippen LogP contribution in [0, 0.1) is 0 Å². The Labute approximate surface area is 123 Å². The Hall–Kier alpha value is -1.63. The van der Waals surface area contributed by atoms with Crippen molar-refractivity contribution in [3.63, 3.8) is 0 Å². The van der Waals surface area contributed by atoms with Gasteiger partial charge in [0.25, 0.3) is 0 Å². The zero-order chi connectivity index (χ0) is 14.8. The molecule has 1 fully saturated rings. The third-order valence-electron chi connectivity index (χ3n) is 4.05. The van der Waals surface area contributed by atoms with Gasteiger partial charge >= 0.3 is 5.69 Å². The Balaban J connectivity index is 1.83. The minimum Gasteiger partial charge on any atom is -0.374 e. The van der Waals surface area contributed by atoms with Gasteiger partial charge in [-0.05, 0) is 18.7 Å². The number of para-hydroxylation sites is 1. The molecule has 0 bridgehead atoms. The SMILES string of the molecule is CNC[C@H]1CN(Cc2cccc3[nH]c(=O)n(C)c23)CCO1. The van der Waals surface area contributed by atoms with Crippen LogP contribution in [-0.4, -0.2) is 53.8 Å². The van der Waals surface area contributed by atoms with Crippen LogP contribution in [0.5, 0.6) is 0 Å². The van der Waals surface area contributed by atoms with E-state index in [2.05, 4.69) is 21.3 Å². The van der Waals surface area contributed by atoms with Crippen LogP contribution >= 0.6 is 0 Å². The molecule has 0 spiro atoms. The van der Waals surface area contributed by atoms with Crippen molar-refractivity contribution in [2.45, 2.75) is 12.6 Å². The molecule has 2 aromatic rings. The number of fused-ring (bicyclic) bond motifs is 1. The second kappa shape index (κ2) is 6.01. The molecule has 1 atom stereocenters. The number of hydrogen-bond acceptors (Lipinski definition) is 4. The molecule has 1 aromatic heterocycles. The largest absolute Gasteiger partial charge is 0.374 e. The fraction of sp³-hybridized carbons (Fsp3) is 0.533. The summed E-state index contributed by atoms with van der Waals surface area (Å²) in [5.41, 5.74) is 3.02. The minimum atomic E-state index is -0.0625. The lowest BCUT2D eigenvalue weighted by atomic mass is 10.1. The molecule has 1 saturated heterocycles. The van der Waals surface area contributed by atoms with Crippen molar-refractivity contribution >= 4 is 11.0 Å². The second-order valence-electron chi connectivity index (χ2n) is 5.59. The summed E-state index contributed by atoms with van der Waals surface area (Å²) in [6.07, 6.45) is 0.234. The first-order chi connectivity index (χ1) is 10.2. The van der Waals surface area contributed by atoms with E-state index in [4.69, 9.17) is 4.74 Å². The van der Waals surface area contributed by atoms with E-state index in [0.29, 0.717) is 0 Å². The van der Waals surface area contributed by atoms with Gasteiger partial charge in [-0.15, -0.1) is 0 Å². The number of aromatic nitrogens is 2. The maximum Gasteiger partial charge on any atom is 0.326 e. The molecule has 2 heterocycles. The molecule has 3 rings (SSSR count). The van der Waals surface area contributed by atoms with Gasteiger partial charge in [-0.3, -0.25) is 9.47 Å². The highest BCUT2D eigenvalue weighted by Crippen LogP contribution is 2.18. The smallest absolute Gasteiger partial charge is 0.326 e. The molecule has 0 radical (unpaired) electrons. The van der Waals surface area contributed by atoms with Crippen molar-refractivity contribution in [3.8, 4) is 0 Å². The summed E-state index contributed by atoms with van der Waals surface area (Å²) in [7, 11) is 3.76. The summed E-state index contributed by atoms with van der Waals surface area (Å²) in [5, 5.41) is 3.16. The lowest BCUT2D eigenvalue weighted by Crippen LogP contribution is -2.45. The molecule has 0 amide bonds.